The maximum Gasteiger partial charge on any atom is 0.335 e. The lowest BCUT2D eigenvalue weighted by Gasteiger charge is -2.19. The van der Waals surface area contributed by atoms with E-state index in [1.807, 2.05) is 13.8 Å². The number of aromatic carboxylic acids is 1. The normalized spacial score (nSPS) is 14.9. The number of hydrogen-bond acceptors (Lipinski definition) is 5. The number of hydrogen-bond donors (Lipinski definition) is 3. The highest BCUT2D eigenvalue weighted by molar-refractivity contribution is 5.87. The molecule has 3 rings (SSSR count). The monoisotopic (exact) mass is 358 g/mol. The first-order chi connectivity index (χ1) is 12.4. The summed E-state index contributed by atoms with van der Waals surface area (Å²) in [5.41, 5.74) is 1.01. The Morgan fingerprint density at radius 1 is 1.27 bits per heavy atom. The van der Waals surface area contributed by atoms with E-state index in [-0.39, 0.29) is 30.1 Å². The lowest BCUT2D eigenvalue weighted by Crippen LogP contribution is -2.39. The van der Waals surface area contributed by atoms with Crippen LogP contribution in [0.1, 0.15) is 66.3 Å². The Balaban J connectivity index is 1.56. The minimum Gasteiger partial charge on any atom is -0.478 e. The van der Waals surface area contributed by atoms with Crippen LogP contribution >= 0.6 is 0 Å². The van der Waals surface area contributed by atoms with E-state index in [0.29, 0.717) is 17.6 Å². The van der Waals surface area contributed by atoms with Crippen molar-refractivity contribution in [2.45, 2.75) is 45.2 Å². The standard InChI is InChI=1S/C18H22N4O4/c1-10(2)14(16-21-15(22-26-16)12-7-8-12)20-18(25)19-9-11-3-5-13(6-4-11)17(23)24/h3-6,10,12,14H,7-9H2,1-2H3,(H,23,24)(H2,19,20,25). The van der Waals surface area contributed by atoms with Gasteiger partial charge in [-0.25, -0.2) is 9.59 Å². The molecule has 1 heterocycles. The molecule has 1 saturated carbocycles. The molecule has 8 nitrogen and oxygen atoms in total. The van der Waals surface area contributed by atoms with Gasteiger partial charge in [0.1, 0.15) is 6.04 Å². The number of urea groups is 1. The maximum absolute atomic E-state index is 12.2. The first-order valence-corrected chi connectivity index (χ1v) is 8.64. The number of carbonyl (C=O) groups is 2. The van der Waals surface area contributed by atoms with Crippen molar-refractivity contribution < 1.29 is 19.2 Å². The predicted molar refractivity (Wildman–Crippen MR) is 92.6 cm³/mol. The highest BCUT2D eigenvalue weighted by atomic mass is 16.5. The van der Waals surface area contributed by atoms with E-state index in [0.717, 1.165) is 18.4 Å². The van der Waals surface area contributed by atoms with Gasteiger partial charge in [-0.15, -0.1) is 0 Å². The summed E-state index contributed by atoms with van der Waals surface area (Å²) < 4.78 is 5.33. The number of carboxylic acids is 1. The summed E-state index contributed by atoms with van der Waals surface area (Å²) in [6.07, 6.45) is 2.17. The SMILES string of the molecule is CC(C)C(NC(=O)NCc1ccc(C(=O)O)cc1)c1nc(C2CC2)no1. The Morgan fingerprint density at radius 2 is 1.96 bits per heavy atom. The van der Waals surface area contributed by atoms with Crippen molar-refractivity contribution in [3.8, 4) is 0 Å². The van der Waals surface area contributed by atoms with Crippen LogP contribution in [0.15, 0.2) is 28.8 Å². The van der Waals surface area contributed by atoms with Gasteiger partial charge in [-0.05, 0) is 36.5 Å². The lowest BCUT2D eigenvalue weighted by atomic mass is 10.0. The molecule has 26 heavy (non-hydrogen) atoms. The van der Waals surface area contributed by atoms with Crippen molar-refractivity contribution in [2.75, 3.05) is 0 Å². The van der Waals surface area contributed by atoms with Crippen LogP contribution in [0, 0.1) is 5.92 Å². The van der Waals surface area contributed by atoms with Crippen LogP contribution in [0.4, 0.5) is 4.79 Å². The second-order valence-corrected chi connectivity index (χ2v) is 6.82. The molecule has 138 valence electrons. The highest BCUT2D eigenvalue weighted by Crippen LogP contribution is 2.38. The topological polar surface area (TPSA) is 117 Å². The van der Waals surface area contributed by atoms with Crippen LogP contribution in [0.5, 0.6) is 0 Å². The van der Waals surface area contributed by atoms with Crippen molar-refractivity contribution in [3.05, 3.63) is 47.1 Å². The Labute approximate surface area is 151 Å². The fraction of sp³-hybridized carbons (Fsp3) is 0.444. The summed E-state index contributed by atoms with van der Waals surface area (Å²) in [5, 5.41) is 18.5. The Kier molecular flexibility index (Phi) is 5.20. The average Bonchev–Trinajstić information content (AvgIpc) is 3.35. The number of nitrogens with zero attached hydrogens (tertiary/aromatic N) is 2. The molecule has 1 atom stereocenters. The number of aromatic nitrogens is 2. The molecule has 8 heteroatoms. The molecule has 0 radical (unpaired) electrons. The van der Waals surface area contributed by atoms with Crippen LogP contribution in [-0.2, 0) is 6.54 Å². The van der Waals surface area contributed by atoms with Gasteiger partial charge in [0.25, 0.3) is 0 Å². The van der Waals surface area contributed by atoms with Gasteiger partial charge >= 0.3 is 12.0 Å². The van der Waals surface area contributed by atoms with Gasteiger partial charge in [-0.1, -0.05) is 31.1 Å². The Morgan fingerprint density at radius 3 is 2.54 bits per heavy atom. The molecule has 1 aliphatic carbocycles. The van der Waals surface area contributed by atoms with Gasteiger partial charge in [-0.2, -0.15) is 4.98 Å². The molecule has 1 aliphatic rings. The predicted octanol–water partition coefficient (Wildman–Crippen LogP) is 2.84. The molecular weight excluding hydrogens is 336 g/mol. The second-order valence-electron chi connectivity index (χ2n) is 6.82. The van der Waals surface area contributed by atoms with Crippen LogP contribution in [0.2, 0.25) is 0 Å². The van der Waals surface area contributed by atoms with E-state index in [4.69, 9.17) is 9.63 Å². The zero-order valence-electron chi connectivity index (χ0n) is 14.7. The van der Waals surface area contributed by atoms with Crippen molar-refractivity contribution >= 4 is 12.0 Å². The number of amides is 2. The minimum atomic E-state index is -0.979. The summed E-state index contributed by atoms with van der Waals surface area (Å²) in [5.74, 6) is 0.632. The third kappa shape index (κ3) is 4.38. The molecular formula is C18H22N4O4. The van der Waals surface area contributed by atoms with Crippen LogP contribution in [-0.4, -0.2) is 27.2 Å². The molecule has 0 spiro atoms. The zero-order valence-corrected chi connectivity index (χ0v) is 14.7. The van der Waals surface area contributed by atoms with Gasteiger partial charge in [0.05, 0.1) is 5.56 Å². The quantitative estimate of drug-likeness (QED) is 0.700. The fourth-order valence-corrected chi connectivity index (χ4v) is 2.53. The number of carboxylic acid groups (broad SMARTS) is 1. The molecule has 1 fully saturated rings. The second kappa shape index (κ2) is 7.55. The van der Waals surface area contributed by atoms with E-state index in [1.54, 1.807) is 12.1 Å². The van der Waals surface area contributed by atoms with Gasteiger partial charge in [0.15, 0.2) is 5.82 Å². The number of carbonyl (C=O) groups excluding carboxylic acids is 1. The van der Waals surface area contributed by atoms with E-state index in [1.165, 1.54) is 12.1 Å². The molecule has 2 aromatic rings. The molecule has 2 amide bonds. The molecule has 1 unspecified atom stereocenters. The fourth-order valence-electron chi connectivity index (χ4n) is 2.53. The summed E-state index contributed by atoms with van der Waals surface area (Å²) in [7, 11) is 0. The summed E-state index contributed by atoms with van der Waals surface area (Å²) in [6, 6.07) is 5.63. The first-order valence-electron chi connectivity index (χ1n) is 8.64. The smallest absolute Gasteiger partial charge is 0.335 e. The molecule has 1 aromatic carbocycles. The lowest BCUT2D eigenvalue weighted by molar-refractivity contribution is 0.0697. The van der Waals surface area contributed by atoms with Crippen molar-refractivity contribution in [3.63, 3.8) is 0 Å². The molecule has 3 N–H and O–H groups in total. The van der Waals surface area contributed by atoms with E-state index >= 15 is 0 Å². The molecule has 0 bridgehead atoms. The highest BCUT2D eigenvalue weighted by Gasteiger charge is 2.31. The van der Waals surface area contributed by atoms with E-state index in [9.17, 15) is 9.59 Å². The number of rotatable bonds is 7. The number of nitrogens with one attached hydrogen (secondary N) is 2. The summed E-state index contributed by atoms with van der Waals surface area (Å²) in [4.78, 5) is 27.5. The van der Waals surface area contributed by atoms with Gasteiger partial charge in [0.2, 0.25) is 5.89 Å². The van der Waals surface area contributed by atoms with Crippen molar-refractivity contribution in [1.82, 2.24) is 20.8 Å². The average molecular weight is 358 g/mol. The maximum atomic E-state index is 12.2. The molecule has 0 saturated heterocycles. The third-order valence-electron chi connectivity index (χ3n) is 4.27. The summed E-state index contributed by atoms with van der Waals surface area (Å²) in [6.45, 7) is 4.22. The minimum absolute atomic E-state index is 0.0862. The Bertz CT molecular complexity index is 781. The third-order valence-corrected chi connectivity index (χ3v) is 4.27. The molecule has 0 aliphatic heterocycles. The van der Waals surface area contributed by atoms with Crippen LogP contribution in [0.25, 0.3) is 0 Å². The molecule has 1 aromatic heterocycles. The first kappa shape index (κ1) is 17.9. The van der Waals surface area contributed by atoms with Gasteiger partial charge < -0.3 is 20.3 Å². The summed E-state index contributed by atoms with van der Waals surface area (Å²) >= 11 is 0. The van der Waals surface area contributed by atoms with Gasteiger partial charge in [-0.3, -0.25) is 0 Å². The largest absolute Gasteiger partial charge is 0.478 e. The number of benzene rings is 1. The van der Waals surface area contributed by atoms with Crippen LogP contribution in [0.3, 0.4) is 0 Å². The van der Waals surface area contributed by atoms with Crippen LogP contribution < -0.4 is 10.6 Å². The Hall–Kier alpha value is -2.90. The van der Waals surface area contributed by atoms with Gasteiger partial charge in [0, 0.05) is 12.5 Å². The van der Waals surface area contributed by atoms with Crippen molar-refractivity contribution in [2.24, 2.45) is 5.92 Å². The zero-order chi connectivity index (χ0) is 18.7. The van der Waals surface area contributed by atoms with E-state index < -0.39 is 5.97 Å². The van der Waals surface area contributed by atoms with Crippen molar-refractivity contribution in [1.29, 1.82) is 0 Å². The van der Waals surface area contributed by atoms with E-state index in [2.05, 4.69) is 20.8 Å².